The van der Waals surface area contributed by atoms with E-state index in [-0.39, 0.29) is 17.8 Å². The van der Waals surface area contributed by atoms with Gasteiger partial charge in [0.25, 0.3) is 0 Å². The first-order valence-corrected chi connectivity index (χ1v) is 7.92. The SMILES string of the molecule is CC(Sc1ccccc1)C(=O)N1CCN(CCO)CC1. The Morgan fingerprint density at radius 2 is 1.90 bits per heavy atom. The molecule has 1 heterocycles. The summed E-state index contributed by atoms with van der Waals surface area (Å²) >= 11 is 1.61. The van der Waals surface area contributed by atoms with Crippen LogP contribution in [0.15, 0.2) is 35.2 Å². The third kappa shape index (κ3) is 4.23. The molecule has 1 aliphatic heterocycles. The number of piperazine rings is 1. The van der Waals surface area contributed by atoms with Gasteiger partial charge < -0.3 is 10.0 Å². The highest BCUT2D eigenvalue weighted by Gasteiger charge is 2.25. The minimum absolute atomic E-state index is 0.0539. The van der Waals surface area contributed by atoms with Gasteiger partial charge in [0.05, 0.1) is 11.9 Å². The highest BCUT2D eigenvalue weighted by Crippen LogP contribution is 2.24. The number of β-amino-alcohol motifs (C(OH)–C–C–N with tert-alkyl or cyclic N) is 1. The van der Waals surface area contributed by atoms with Gasteiger partial charge in [-0.2, -0.15) is 0 Å². The molecule has 1 aliphatic rings. The van der Waals surface area contributed by atoms with Crippen LogP contribution in [0.3, 0.4) is 0 Å². The van der Waals surface area contributed by atoms with E-state index in [1.807, 2.05) is 42.2 Å². The summed E-state index contributed by atoms with van der Waals surface area (Å²) in [7, 11) is 0. The van der Waals surface area contributed by atoms with E-state index in [0.29, 0.717) is 6.54 Å². The third-order valence-electron chi connectivity index (χ3n) is 3.50. The molecule has 1 aromatic rings. The molecule has 0 saturated carbocycles. The van der Waals surface area contributed by atoms with Gasteiger partial charge in [-0.1, -0.05) is 18.2 Å². The van der Waals surface area contributed by atoms with Crippen molar-refractivity contribution < 1.29 is 9.90 Å². The third-order valence-corrected chi connectivity index (χ3v) is 4.60. The predicted octanol–water partition coefficient (Wildman–Crippen LogP) is 1.30. The molecule has 0 radical (unpaired) electrons. The van der Waals surface area contributed by atoms with Gasteiger partial charge in [0.1, 0.15) is 0 Å². The first-order chi connectivity index (χ1) is 9.70. The summed E-state index contributed by atoms with van der Waals surface area (Å²) in [6.07, 6.45) is 0. The largest absolute Gasteiger partial charge is 0.395 e. The zero-order valence-corrected chi connectivity index (χ0v) is 12.7. The molecule has 1 N–H and O–H groups in total. The zero-order chi connectivity index (χ0) is 14.4. The predicted molar refractivity (Wildman–Crippen MR) is 81.9 cm³/mol. The van der Waals surface area contributed by atoms with Crippen molar-refractivity contribution in [1.82, 2.24) is 9.80 Å². The van der Waals surface area contributed by atoms with Crippen LogP contribution in [0.4, 0.5) is 0 Å². The van der Waals surface area contributed by atoms with Crippen LogP contribution in [0.1, 0.15) is 6.92 Å². The van der Waals surface area contributed by atoms with Gasteiger partial charge in [0.15, 0.2) is 0 Å². The number of hydrogen-bond acceptors (Lipinski definition) is 4. The maximum atomic E-state index is 12.4. The van der Waals surface area contributed by atoms with Gasteiger partial charge in [-0.05, 0) is 19.1 Å². The smallest absolute Gasteiger partial charge is 0.235 e. The van der Waals surface area contributed by atoms with Gasteiger partial charge in [-0.3, -0.25) is 9.69 Å². The average Bonchev–Trinajstić information content (AvgIpc) is 2.48. The van der Waals surface area contributed by atoms with Crippen LogP contribution in [0.2, 0.25) is 0 Å². The lowest BCUT2D eigenvalue weighted by atomic mass is 10.3. The van der Waals surface area contributed by atoms with Crippen LogP contribution in [0.5, 0.6) is 0 Å². The van der Waals surface area contributed by atoms with Crippen molar-refractivity contribution in [1.29, 1.82) is 0 Å². The zero-order valence-electron chi connectivity index (χ0n) is 11.9. The summed E-state index contributed by atoms with van der Waals surface area (Å²) in [5.74, 6) is 0.211. The Morgan fingerprint density at radius 1 is 1.25 bits per heavy atom. The number of rotatable bonds is 5. The first-order valence-electron chi connectivity index (χ1n) is 7.04. The maximum absolute atomic E-state index is 12.4. The lowest BCUT2D eigenvalue weighted by Gasteiger charge is -2.35. The van der Waals surface area contributed by atoms with Crippen LogP contribution in [-0.4, -0.2) is 65.4 Å². The molecule has 5 heteroatoms. The van der Waals surface area contributed by atoms with Crippen molar-refractivity contribution in [3.05, 3.63) is 30.3 Å². The van der Waals surface area contributed by atoms with Crippen molar-refractivity contribution in [2.24, 2.45) is 0 Å². The normalized spacial score (nSPS) is 18.0. The second-order valence-electron chi connectivity index (χ2n) is 4.96. The van der Waals surface area contributed by atoms with Crippen molar-refractivity contribution in [2.75, 3.05) is 39.3 Å². The summed E-state index contributed by atoms with van der Waals surface area (Å²) in [5, 5.41) is 8.87. The summed E-state index contributed by atoms with van der Waals surface area (Å²) in [5.41, 5.74) is 0. The molecule has 110 valence electrons. The number of thioether (sulfide) groups is 1. The molecular formula is C15H22N2O2S. The number of aliphatic hydroxyl groups excluding tert-OH is 1. The summed E-state index contributed by atoms with van der Waals surface area (Å²) < 4.78 is 0. The van der Waals surface area contributed by atoms with Gasteiger partial charge in [-0.15, -0.1) is 11.8 Å². The number of benzene rings is 1. The highest BCUT2D eigenvalue weighted by molar-refractivity contribution is 8.00. The molecule has 4 nitrogen and oxygen atoms in total. The summed E-state index contributed by atoms with van der Waals surface area (Å²) in [4.78, 5) is 17.7. The Kier molecular flexibility index (Phi) is 5.88. The van der Waals surface area contributed by atoms with E-state index in [9.17, 15) is 4.79 Å². The Labute approximate surface area is 124 Å². The maximum Gasteiger partial charge on any atom is 0.235 e. The second-order valence-corrected chi connectivity index (χ2v) is 6.38. The molecule has 0 aromatic heterocycles. The fourth-order valence-electron chi connectivity index (χ4n) is 2.34. The van der Waals surface area contributed by atoms with E-state index in [1.165, 1.54) is 0 Å². The van der Waals surface area contributed by atoms with Crippen LogP contribution in [-0.2, 0) is 4.79 Å². The van der Waals surface area contributed by atoms with Gasteiger partial charge in [0, 0.05) is 37.6 Å². The topological polar surface area (TPSA) is 43.8 Å². The molecule has 0 spiro atoms. The number of amides is 1. The number of aliphatic hydroxyl groups is 1. The molecule has 1 amide bonds. The first kappa shape index (κ1) is 15.4. The fourth-order valence-corrected chi connectivity index (χ4v) is 3.32. The van der Waals surface area contributed by atoms with Crippen molar-refractivity contribution >= 4 is 17.7 Å². The van der Waals surface area contributed by atoms with E-state index in [1.54, 1.807) is 11.8 Å². The Hall–Kier alpha value is -1.04. The van der Waals surface area contributed by atoms with Crippen LogP contribution >= 0.6 is 11.8 Å². The van der Waals surface area contributed by atoms with Crippen molar-refractivity contribution in [3.63, 3.8) is 0 Å². The number of carbonyl (C=O) groups excluding carboxylic acids is 1. The van der Waals surface area contributed by atoms with E-state index >= 15 is 0 Å². The minimum Gasteiger partial charge on any atom is -0.395 e. The Balaban J connectivity index is 1.82. The molecule has 0 bridgehead atoms. The molecule has 0 aliphatic carbocycles. The molecule has 1 saturated heterocycles. The minimum atomic E-state index is -0.0539. The highest BCUT2D eigenvalue weighted by atomic mass is 32.2. The monoisotopic (exact) mass is 294 g/mol. The number of hydrogen-bond donors (Lipinski definition) is 1. The lowest BCUT2D eigenvalue weighted by molar-refractivity contribution is -0.132. The van der Waals surface area contributed by atoms with Crippen LogP contribution < -0.4 is 0 Å². The summed E-state index contributed by atoms with van der Waals surface area (Å²) in [6, 6.07) is 10.0. The van der Waals surface area contributed by atoms with Crippen LogP contribution in [0.25, 0.3) is 0 Å². The molecule has 1 unspecified atom stereocenters. The van der Waals surface area contributed by atoms with Crippen molar-refractivity contribution in [3.8, 4) is 0 Å². The molecule has 1 aromatic carbocycles. The van der Waals surface area contributed by atoms with E-state index in [2.05, 4.69) is 4.90 Å². The van der Waals surface area contributed by atoms with E-state index in [0.717, 1.165) is 31.1 Å². The van der Waals surface area contributed by atoms with Crippen LogP contribution in [0, 0.1) is 0 Å². The lowest BCUT2D eigenvalue weighted by Crippen LogP contribution is -2.51. The Bertz CT molecular complexity index is 419. The van der Waals surface area contributed by atoms with Gasteiger partial charge in [0.2, 0.25) is 5.91 Å². The quantitative estimate of drug-likeness (QED) is 0.832. The van der Waals surface area contributed by atoms with Gasteiger partial charge in [-0.25, -0.2) is 0 Å². The average molecular weight is 294 g/mol. The Morgan fingerprint density at radius 3 is 2.50 bits per heavy atom. The van der Waals surface area contributed by atoms with E-state index in [4.69, 9.17) is 5.11 Å². The van der Waals surface area contributed by atoms with E-state index < -0.39 is 0 Å². The number of carbonyl (C=O) groups is 1. The fraction of sp³-hybridized carbons (Fsp3) is 0.533. The molecule has 1 atom stereocenters. The standard InChI is InChI=1S/C15H22N2O2S/c1-13(20-14-5-3-2-4-6-14)15(19)17-9-7-16(8-10-17)11-12-18/h2-6,13,18H,7-12H2,1H3. The number of nitrogens with zero attached hydrogens (tertiary/aromatic N) is 2. The van der Waals surface area contributed by atoms with Gasteiger partial charge >= 0.3 is 0 Å². The summed E-state index contributed by atoms with van der Waals surface area (Å²) in [6.45, 7) is 6.10. The second kappa shape index (κ2) is 7.67. The van der Waals surface area contributed by atoms with Crippen molar-refractivity contribution in [2.45, 2.75) is 17.1 Å². The molecule has 2 rings (SSSR count). The molecule has 20 heavy (non-hydrogen) atoms. The molecular weight excluding hydrogens is 272 g/mol. The molecule has 1 fully saturated rings.